The van der Waals surface area contributed by atoms with Gasteiger partial charge >= 0.3 is 0 Å². The van der Waals surface area contributed by atoms with E-state index < -0.39 is 0 Å². The van der Waals surface area contributed by atoms with E-state index in [1.807, 2.05) is 6.26 Å². The Balaban J connectivity index is 2.81. The van der Waals surface area contributed by atoms with Crippen LogP contribution in [0.4, 0.5) is 5.69 Å². The smallest absolute Gasteiger partial charge is 0.253 e. The van der Waals surface area contributed by atoms with Crippen molar-refractivity contribution in [1.29, 1.82) is 0 Å². The third-order valence-corrected chi connectivity index (χ3v) is 2.68. The first kappa shape index (κ1) is 14.3. The molecule has 0 saturated heterocycles. The number of benzene rings is 1. The van der Waals surface area contributed by atoms with Gasteiger partial charge in [-0.25, -0.2) is 0 Å². The Bertz CT molecular complexity index is 446. The molecule has 0 aliphatic heterocycles. The molecule has 0 heterocycles. The third kappa shape index (κ3) is 4.25. The molecule has 2 N–H and O–H groups in total. The van der Waals surface area contributed by atoms with Crippen LogP contribution in [-0.4, -0.2) is 30.4 Å². The van der Waals surface area contributed by atoms with Gasteiger partial charge in [-0.05, 0) is 18.4 Å². The van der Waals surface area contributed by atoms with E-state index >= 15 is 0 Å². The minimum Gasteiger partial charge on any atom is -0.349 e. The zero-order valence-corrected chi connectivity index (χ0v) is 11.0. The largest absolute Gasteiger partial charge is 0.349 e. The first-order valence-corrected chi connectivity index (χ1v) is 6.85. The molecule has 0 unspecified atom stereocenters. The summed E-state index contributed by atoms with van der Waals surface area (Å²) in [6.45, 7) is 3.93. The lowest BCUT2D eigenvalue weighted by Crippen LogP contribution is -2.25. The van der Waals surface area contributed by atoms with Crippen molar-refractivity contribution in [2.24, 2.45) is 0 Å². The highest BCUT2D eigenvalue weighted by Crippen LogP contribution is 2.15. The van der Waals surface area contributed by atoms with Crippen LogP contribution < -0.4 is 10.6 Å². The van der Waals surface area contributed by atoms with E-state index in [0.29, 0.717) is 23.5 Å². The topological polar surface area (TPSA) is 58.2 Å². The van der Waals surface area contributed by atoms with Crippen LogP contribution in [0.1, 0.15) is 10.4 Å². The minimum absolute atomic E-state index is 0.119. The lowest BCUT2D eigenvalue weighted by atomic mass is 10.1. The van der Waals surface area contributed by atoms with Crippen LogP contribution in [0, 0.1) is 0 Å². The second-order valence-corrected chi connectivity index (χ2v) is 4.39. The third-order valence-electron chi connectivity index (χ3n) is 2.13. The molecule has 0 fully saturated rings. The summed E-state index contributed by atoms with van der Waals surface area (Å²) >= 11 is 1.43. The summed E-state index contributed by atoms with van der Waals surface area (Å²) in [4.78, 5) is 23.4. The summed E-state index contributed by atoms with van der Waals surface area (Å²) in [6, 6.07) is 6.92. The van der Waals surface area contributed by atoms with E-state index in [9.17, 15) is 9.59 Å². The molecular weight excluding hydrogens is 248 g/mol. The molecule has 96 valence electrons. The minimum atomic E-state index is -0.227. The standard InChI is InChI=1S/C13H16N2O2S/c1-3-8-14-13(17)10-6-4-5-7-11(10)15-12(16)9-18-2/h3-7H,1,8-9H2,2H3,(H,14,17)(H,15,16). The zero-order chi connectivity index (χ0) is 13.4. The van der Waals surface area contributed by atoms with Crippen molar-refractivity contribution in [3.05, 3.63) is 42.5 Å². The summed E-state index contributed by atoms with van der Waals surface area (Å²) in [6.07, 6.45) is 3.45. The monoisotopic (exact) mass is 264 g/mol. The molecule has 1 aromatic carbocycles. The fourth-order valence-corrected chi connectivity index (χ4v) is 1.70. The molecule has 0 spiro atoms. The van der Waals surface area contributed by atoms with Crippen molar-refractivity contribution in [2.45, 2.75) is 0 Å². The Kier molecular flexibility index (Phi) is 6.00. The second kappa shape index (κ2) is 7.55. The maximum atomic E-state index is 11.8. The number of rotatable bonds is 6. The van der Waals surface area contributed by atoms with Crippen LogP contribution in [0.2, 0.25) is 0 Å². The van der Waals surface area contributed by atoms with E-state index in [1.54, 1.807) is 30.3 Å². The predicted octanol–water partition coefficient (Wildman–Crippen LogP) is 1.90. The van der Waals surface area contributed by atoms with Crippen LogP contribution in [0.5, 0.6) is 0 Å². The molecule has 0 bridgehead atoms. The Morgan fingerprint density at radius 2 is 2.11 bits per heavy atom. The number of nitrogens with one attached hydrogen (secondary N) is 2. The number of para-hydroxylation sites is 1. The normalized spacial score (nSPS) is 9.61. The fraction of sp³-hybridized carbons (Fsp3) is 0.231. The van der Waals surface area contributed by atoms with Crippen molar-refractivity contribution >= 4 is 29.3 Å². The molecule has 5 heteroatoms. The average molecular weight is 264 g/mol. The number of carbonyl (C=O) groups is 2. The van der Waals surface area contributed by atoms with Crippen molar-refractivity contribution in [2.75, 3.05) is 23.9 Å². The number of hydrogen-bond donors (Lipinski definition) is 2. The van der Waals surface area contributed by atoms with Crippen molar-refractivity contribution in [3.63, 3.8) is 0 Å². The highest BCUT2D eigenvalue weighted by atomic mass is 32.2. The Morgan fingerprint density at radius 3 is 2.78 bits per heavy atom. The van der Waals surface area contributed by atoms with Gasteiger partial charge in [0.15, 0.2) is 0 Å². The van der Waals surface area contributed by atoms with Gasteiger partial charge in [0.2, 0.25) is 5.91 Å². The van der Waals surface area contributed by atoms with Gasteiger partial charge in [-0.3, -0.25) is 9.59 Å². The van der Waals surface area contributed by atoms with Gasteiger partial charge < -0.3 is 10.6 Å². The van der Waals surface area contributed by atoms with E-state index in [2.05, 4.69) is 17.2 Å². The highest BCUT2D eigenvalue weighted by molar-refractivity contribution is 7.99. The number of carbonyl (C=O) groups excluding carboxylic acids is 2. The molecule has 0 atom stereocenters. The van der Waals surface area contributed by atoms with Crippen LogP contribution in [0.15, 0.2) is 36.9 Å². The SMILES string of the molecule is C=CCNC(=O)c1ccccc1NC(=O)CSC. The fourth-order valence-electron chi connectivity index (χ4n) is 1.37. The molecule has 1 rings (SSSR count). The van der Waals surface area contributed by atoms with Gasteiger partial charge in [0, 0.05) is 6.54 Å². The van der Waals surface area contributed by atoms with Gasteiger partial charge in [-0.2, -0.15) is 11.8 Å². The Labute approximate surface area is 111 Å². The average Bonchev–Trinajstić information content (AvgIpc) is 2.37. The van der Waals surface area contributed by atoms with Crippen molar-refractivity contribution in [3.8, 4) is 0 Å². The molecule has 0 saturated carbocycles. The summed E-state index contributed by atoms with van der Waals surface area (Å²) < 4.78 is 0. The van der Waals surface area contributed by atoms with Crippen LogP contribution >= 0.6 is 11.8 Å². The maximum Gasteiger partial charge on any atom is 0.253 e. The second-order valence-electron chi connectivity index (χ2n) is 3.53. The molecule has 0 aliphatic carbocycles. The molecule has 4 nitrogen and oxygen atoms in total. The van der Waals surface area contributed by atoms with Gasteiger partial charge in [0.1, 0.15) is 0 Å². The predicted molar refractivity (Wildman–Crippen MR) is 76.0 cm³/mol. The maximum absolute atomic E-state index is 11.8. The van der Waals surface area contributed by atoms with E-state index in [1.165, 1.54) is 11.8 Å². The first-order valence-electron chi connectivity index (χ1n) is 5.46. The van der Waals surface area contributed by atoms with E-state index in [0.717, 1.165) is 0 Å². The number of anilines is 1. The zero-order valence-electron chi connectivity index (χ0n) is 10.2. The van der Waals surface area contributed by atoms with Crippen LogP contribution in [0.3, 0.4) is 0 Å². The molecule has 18 heavy (non-hydrogen) atoms. The molecular formula is C13H16N2O2S. The van der Waals surface area contributed by atoms with Gasteiger partial charge in [0.05, 0.1) is 17.0 Å². The Hall–Kier alpha value is -1.75. The van der Waals surface area contributed by atoms with E-state index in [-0.39, 0.29) is 11.8 Å². The lowest BCUT2D eigenvalue weighted by Gasteiger charge is -2.10. The summed E-state index contributed by atoms with van der Waals surface area (Å²) in [5.74, 6) is 0.0178. The molecule has 1 aromatic rings. The van der Waals surface area contributed by atoms with Crippen LogP contribution in [-0.2, 0) is 4.79 Å². The lowest BCUT2D eigenvalue weighted by molar-refractivity contribution is -0.113. The quantitative estimate of drug-likeness (QED) is 0.772. The number of amides is 2. The first-order chi connectivity index (χ1) is 8.69. The van der Waals surface area contributed by atoms with Gasteiger partial charge in [-0.15, -0.1) is 6.58 Å². The molecule has 2 amide bonds. The van der Waals surface area contributed by atoms with Crippen LogP contribution in [0.25, 0.3) is 0 Å². The summed E-state index contributed by atoms with van der Waals surface area (Å²) in [5, 5.41) is 5.40. The molecule has 0 aliphatic rings. The number of hydrogen-bond acceptors (Lipinski definition) is 3. The van der Waals surface area contributed by atoms with Crippen molar-refractivity contribution < 1.29 is 9.59 Å². The summed E-state index contributed by atoms with van der Waals surface area (Å²) in [7, 11) is 0. The van der Waals surface area contributed by atoms with Gasteiger partial charge in [-0.1, -0.05) is 18.2 Å². The highest BCUT2D eigenvalue weighted by Gasteiger charge is 2.11. The summed E-state index contributed by atoms with van der Waals surface area (Å²) in [5.41, 5.74) is 0.979. The number of thioether (sulfide) groups is 1. The molecule has 0 aromatic heterocycles. The molecule has 0 radical (unpaired) electrons. The Morgan fingerprint density at radius 1 is 1.39 bits per heavy atom. The van der Waals surface area contributed by atoms with Gasteiger partial charge in [0.25, 0.3) is 5.91 Å². The van der Waals surface area contributed by atoms with Crippen molar-refractivity contribution in [1.82, 2.24) is 5.32 Å². The van der Waals surface area contributed by atoms with E-state index in [4.69, 9.17) is 0 Å².